The molecule has 0 atom stereocenters. The molecule has 0 unspecified atom stereocenters. The average molecular weight is 400 g/mol. The highest BCUT2D eigenvalue weighted by molar-refractivity contribution is 6.34. The van der Waals surface area contributed by atoms with Crippen LogP contribution >= 0.6 is 11.6 Å². The molecule has 4 N–H and O–H groups in total. The Morgan fingerprint density at radius 1 is 1.21 bits per heavy atom. The molecule has 28 heavy (non-hydrogen) atoms. The number of anilines is 2. The van der Waals surface area contributed by atoms with Gasteiger partial charge in [0, 0.05) is 24.8 Å². The fraction of sp³-hybridized carbons (Fsp3) is 0.300. The van der Waals surface area contributed by atoms with Gasteiger partial charge in [0.25, 0.3) is 0 Å². The van der Waals surface area contributed by atoms with Gasteiger partial charge in [-0.1, -0.05) is 23.7 Å². The number of carbonyl (C=O) groups is 1. The highest BCUT2D eigenvalue weighted by Crippen LogP contribution is 2.26. The summed E-state index contributed by atoms with van der Waals surface area (Å²) in [6.45, 7) is 1.79. The molecule has 0 spiro atoms. The first-order chi connectivity index (χ1) is 13.5. The summed E-state index contributed by atoms with van der Waals surface area (Å²) < 4.78 is 1.85. The summed E-state index contributed by atoms with van der Waals surface area (Å²) in [5.41, 5.74) is 8.50. The number of likely N-dealkylation sites (tertiary alicyclic amines) is 1. The van der Waals surface area contributed by atoms with E-state index in [1.165, 1.54) is 0 Å². The number of H-pyrrole nitrogens is 1. The van der Waals surface area contributed by atoms with Crippen LogP contribution in [0.1, 0.15) is 18.9 Å². The second-order valence-corrected chi connectivity index (χ2v) is 7.52. The number of halogens is 1. The van der Waals surface area contributed by atoms with Crippen molar-refractivity contribution in [1.82, 2.24) is 14.5 Å². The van der Waals surface area contributed by atoms with Crippen LogP contribution in [0.3, 0.4) is 0 Å². The van der Waals surface area contributed by atoms with Crippen molar-refractivity contribution in [3.8, 4) is 0 Å². The van der Waals surface area contributed by atoms with Crippen molar-refractivity contribution in [2.75, 3.05) is 30.7 Å². The van der Waals surface area contributed by atoms with E-state index in [0.717, 1.165) is 37.0 Å². The minimum absolute atomic E-state index is 0.0737. The number of benzene rings is 2. The molecule has 146 valence electrons. The van der Waals surface area contributed by atoms with Crippen molar-refractivity contribution in [1.29, 1.82) is 0 Å². The van der Waals surface area contributed by atoms with Crippen molar-refractivity contribution < 1.29 is 4.79 Å². The highest BCUT2D eigenvalue weighted by atomic mass is 35.5. The number of nitrogens with two attached hydrogens (primary N) is 1. The third-order valence-electron chi connectivity index (χ3n) is 5.18. The summed E-state index contributed by atoms with van der Waals surface area (Å²) in [7, 11) is 0. The summed E-state index contributed by atoms with van der Waals surface area (Å²) in [5.74, 6) is -0.116. The number of rotatable bonds is 4. The molecule has 1 aliphatic rings. The van der Waals surface area contributed by atoms with Gasteiger partial charge in [-0.15, -0.1) is 0 Å². The third-order valence-corrected chi connectivity index (χ3v) is 5.49. The van der Waals surface area contributed by atoms with E-state index in [0.29, 0.717) is 16.4 Å². The number of aromatic amines is 1. The van der Waals surface area contributed by atoms with Crippen LogP contribution in [0.2, 0.25) is 5.02 Å². The highest BCUT2D eigenvalue weighted by Gasteiger charge is 2.24. The van der Waals surface area contributed by atoms with Gasteiger partial charge < -0.3 is 16.0 Å². The SMILES string of the molecule is Nc1ccc(NC(=O)CN2CCC(n3c(=O)[nH]c4ccccc43)CC2)c(Cl)c1. The van der Waals surface area contributed by atoms with E-state index in [1.807, 2.05) is 28.8 Å². The standard InChI is InChI=1S/C20H22ClN5O2/c21-15-11-13(22)5-6-16(15)23-19(27)12-25-9-7-14(8-10-25)26-18-4-2-1-3-17(18)24-20(26)28/h1-6,11,14H,7-10,12,22H2,(H,23,27)(H,24,28). The first-order valence-electron chi connectivity index (χ1n) is 9.28. The van der Waals surface area contributed by atoms with Gasteiger partial charge in [0.15, 0.2) is 0 Å². The van der Waals surface area contributed by atoms with Crippen LogP contribution in [0, 0.1) is 0 Å². The number of piperidine rings is 1. The molecular weight excluding hydrogens is 378 g/mol. The average Bonchev–Trinajstić information content (AvgIpc) is 3.00. The van der Waals surface area contributed by atoms with E-state index in [-0.39, 0.29) is 24.2 Å². The predicted octanol–water partition coefficient (Wildman–Crippen LogP) is 2.84. The second kappa shape index (κ2) is 7.69. The lowest BCUT2D eigenvalue weighted by Crippen LogP contribution is -2.41. The smallest absolute Gasteiger partial charge is 0.326 e. The summed E-state index contributed by atoms with van der Waals surface area (Å²) in [5, 5.41) is 3.25. The fourth-order valence-electron chi connectivity index (χ4n) is 3.80. The second-order valence-electron chi connectivity index (χ2n) is 7.11. The zero-order valence-electron chi connectivity index (χ0n) is 15.3. The molecule has 4 rings (SSSR count). The molecule has 0 bridgehead atoms. The Morgan fingerprint density at radius 2 is 1.96 bits per heavy atom. The molecule has 0 radical (unpaired) electrons. The number of hydrogen-bond acceptors (Lipinski definition) is 4. The van der Waals surface area contributed by atoms with Gasteiger partial charge in [0.05, 0.1) is 28.3 Å². The van der Waals surface area contributed by atoms with Gasteiger partial charge in [0.1, 0.15) is 0 Å². The van der Waals surface area contributed by atoms with Crippen LogP contribution in [0.4, 0.5) is 11.4 Å². The van der Waals surface area contributed by atoms with Gasteiger partial charge in [-0.05, 0) is 43.2 Å². The number of nitrogen functional groups attached to an aromatic ring is 1. The molecule has 1 fully saturated rings. The van der Waals surface area contributed by atoms with Crippen molar-refractivity contribution in [2.45, 2.75) is 18.9 Å². The van der Waals surface area contributed by atoms with E-state index >= 15 is 0 Å². The van der Waals surface area contributed by atoms with E-state index in [9.17, 15) is 9.59 Å². The minimum atomic E-state index is -0.116. The molecule has 7 nitrogen and oxygen atoms in total. The van der Waals surface area contributed by atoms with Crippen molar-refractivity contribution in [3.05, 3.63) is 58.0 Å². The molecule has 1 amide bonds. The molecule has 1 aliphatic heterocycles. The number of nitrogens with zero attached hydrogens (tertiary/aromatic N) is 2. The molecule has 2 aromatic carbocycles. The summed E-state index contributed by atoms with van der Waals surface area (Å²) in [4.78, 5) is 29.7. The Morgan fingerprint density at radius 3 is 2.71 bits per heavy atom. The van der Waals surface area contributed by atoms with Crippen LogP contribution in [0.5, 0.6) is 0 Å². The first-order valence-corrected chi connectivity index (χ1v) is 9.65. The number of para-hydroxylation sites is 2. The number of fused-ring (bicyclic) bond motifs is 1. The molecule has 8 heteroatoms. The van der Waals surface area contributed by atoms with Gasteiger partial charge in [0.2, 0.25) is 5.91 Å². The number of aromatic nitrogens is 2. The van der Waals surface area contributed by atoms with Gasteiger partial charge in [-0.3, -0.25) is 14.3 Å². The van der Waals surface area contributed by atoms with E-state index < -0.39 is 0 Å². The van der Waals surface area contributed by atoms with Gasteiger partial charge >= 0.3 is 5.69 Å². The maximum absolute atomic E-state index is 12.4. The Hall–Kier alpha value is -2.77. The van der Waals surface area contributed by atoms with E-state index in [1.54, 1.807) is 18.2 Å². The molecule has 1 aromatic heterocycles. The van der Waals surface area contributed by atoms with Crippen molar-refractivity contribution in [2.24, 2.45) is 0 Å². The Kier molecular flexibility index (Phi) is 5.11. The number of hydrogen-bond donors (Lipinski definition) is 3. The van der Waals surface area contributed by atoms with Gasteiger partial charge in [-0.2, -0.15) is 0 Å². The summed E-state index contributed by atoms with van der Waals surface area (Å²) in [6, 6.07) is 12.9. The maximum atomic E-state index is 12.4. The molecule has 0 aliphatic carbocycles. The molecule has 3 aromatic rings. The lowest BCUT2D eigenvalue weighted by molar-refractivity contribution is -0.117. The molecule has 1 saturated heterocycles. The van der Waals surface area contributed by atoms with Crippen LogP contribution < -0.4 is 16.7 Å². The van der Waals surface area contributed by atoms with Crippen molar-refractivity contribution in [3.63, 3.8) is 0 Å². The maximum Gasteiger partial charge on any atom is 0.326 e. The van der Waals surface area contributed by atoms with Crippen LogP contribution in [-0.2, 0) is 4.79 Å². The summed E-state index contributed by atoms with van der Waals surface area (Å²) in [6.07, 6.45) is 1.63. The normalized spacial score (nSPS) is 15.8. The lowest BCUT2D eigenvalue weighted by Gasteiger charge is -2.32. The van der Waals surface area contributed by atoms with Crippen LogP contribution in [0.25, 0.3) is 11.0 Å². The quantitative estimate of drug-likeness (QED) is 0.588. The van der Waals surface area contributed by atoms with E-state index in [4.69, 9.17) is 17.3 Å². The van der Waals surface area contributed by atoms with Crippen LogP contribution in [0.15, 0.2) is 47.3 Å². The lowest BCUT2D eigenvalue weighted by atomic mass is 10.0. The Bertz CT molecular complexity index is 1070. The zero-order chi connectivity index (χ0) is 19.7. The molecule has 0 saturated carbocycles. The largest absolute Gasteiger partial charge is 0.399 e. The van der Waals surface area contributed by atoms with Crippen LogP contribution in [-0.4, -0.2) is 40.0 Å². The predicted molar refractivity (Wildman–Crippen MR) is 112 cm³/mol. The van der Waals surface area contributed by atoms with Gasteiger partial charge in [-0.25, -0.2) is 4.79 Å². The molecule has 2 heterocycles. The number of carbonyl (C=O) groups excluding carboxylic acids is 1. The number of amides is 1. The zero-order valence-corrected chi connectivity index (χ0v) is 16.1. The third kappa shape index (κ3) is 3.76. The minimum Gasteiger partial charge on any atom is -0.399 e. The monoisotopic (exact) mass is 399 g/mol. The number of nitrogens with one attached hydrogen (secondary N) is 2. The number of imidazole rings is 1. The van der Waals surface area contributed by atoms with E-state index in [2.05, 4.69) is 15.2 Å². The Balaban J connectivity index is 1.37. The Labute approximate surface area is 167 Å². The summed E-state index contributed by atoms with van der Waals surface area (Å²) >= 11 is 6.11. The van der Waals surface area contributed by atoms with Crippen molar-refractivity contribution >= 4 is 39.9 Å². The topological polar surface area (TPSA) is 96.2 Å². The molecular formula is C20H22ClN5O2. The fourth-order valence-corrected chi connectivity index (χ4v) is 4.03. The first kappa shape index (κ1) is 18.6.